The maximum absolute atomic E-state index is 13.1. The lowest BCUT2D eigenvalue weighted by Gasteiger charge is -2.38. The maximum Gasteiger partial charge on any atom is 0.117 e. The molecule has 0 atom stereocenters. The molecular formula is C26H31ClF2N4O2S. The van der Waals surface area contributed by atoms with Crippen molar-refractivity contribution >= 4 is 45.9 Å². The second-order valence-electron chi connectivity index (χ2n) is 9.27. The molecule has 1 aliphatic heterocycles. The highest BCUT2D eigenvalue weighted by Crippen LogP contribution is 2.28. The molecule has 10 heteroatoms. The van der Waals surface area contributed by atoms with Gasteiger partial charge < -0.3 is 19.9 Å². The Morgan fingerprint density at radius 2 is 1.75 bits per heavy atom. The second kappa shape index (κ2) is 12.7. The number of hydrogen-bond donors (Lipinski definition) is 1. The van der Waals surface area contributed by atoms with Crippen LogP contribution in [0.5, 0.6) is 0 Å². The minimum Gasteiger partial charge on any atom is -0.382 e. The number of hydrogen-bond acceptors (Lipinski definition) is 6. The molecule has 0 aromatic heterocycles. The molecule has 2 aromatic rings. The summed E-state index contributed by atoms with van der Waals surface area (Å²) in [5.74, 6) is 0. The molecule has 1 saturated heterocycles. The van der Waals surface area contributed by atoms with E-state index in [2.05, 4.69) is 20.3 Å². The summed E-state index contributed by atoms with van der Waals surface area (Å²) in [7, 11) is 0. The minimum absolute atomic E-state index is 0.147. The van der Waals surface area contributed by atoms with Crippen molar-refractivity contribution in [1.29, 1.82) is 0 Å². The molecule has 2 fully saturated rings. The quantitative estimate of drug-likeness (QED) is 0.289. The second-order valence-corrected chi connectivity index (χ2v) is 10.2. The van der Waals surface area contributed by atoms with Gasteiger partial charge in [0, 0.05) is 59.7 Å². The van der Waals surface area contributed by atoms with Crippen molar-refractivity contribution in [2.45, 2.75) is 51.2 Å². The van der Waals surface area contributed by atoms with Crippen LogP contribution in [0.2, 0.25) is 5.02 Å². The Labute approximate surface area is 220 Å². The van der Waals surface area contributed by atoms with E-state index in [9.17, 15) is 13.7 Å². The largest absolute Gasteiger partial charge is 0.382 e. The maximum atomic E-state index is 13.1. The van der Waals surface area contributed by atoms with E-state index >= 15 is 0 Å². The zero-order valence-electron chi connectivity index (χ0n) is 20.1. The van der Waals surface area contributed by atoms with Gasteiger partial charge in [-0.15, -0.1) is 4.91 Å². The number of benzene rings is 2. The molecular weight excluding hydrogens is 506 g/mol. The molecule has 1 aliphatic carbocycles. The number of alkyl halides is 2. The van der Waals surface area contributed by atoms with Crippen molar-refractivity contribution in [3.8, 4) is 0 Å². The summed E-state index contributed by atoms with van der Waals surface area (Å²) in [6.45, 7) is 2.35. The molecule has 0 amide bonds. The van der Waals surface area contributed by atoms with Crippen molar-refractivity contribution in [3.05, 3.63) is 57.5 Å². The average molecular weight is 537 g/mol. The van der Waals surface area contributed by atoms with Gasteiger partial charge in [-0.3, -0.25) is 0 Å². The normalized spacial score (nSPS) is 20.3. The van der Waals surface area contributed by atoms with Crippen molar-refractivity contribution in [2.24, 2.45) is 5.18 Å². The third-order valence-electron chi connectivity index (χ3n) is 6.98. The fraction of sp³-hybridized carbons (Fsp3) is 0.500. The molecule has 1 heterocycles. The van der Waals surface area contributed by atoms with Gasteiger partial charge in [0.1, 0.15) is 24.0 Å². The van der Waals surface area contributed by atoms with E-state index in [1.807, 2.05) is 12.1 Å². The van der Waals surface area contributed by atoms with Crippen LogP contribution in [-0.2, 0) is 18.1 Å². The van der Waals surface area contributed by atoms with Crippen LogP contribution in [0.4, 0.5) is 25.8 Å². The summed E-state index contributed by atoms with van der Waals surface area (Å²) in [5, 5.41) is 6.76. The van der Waals surface area contributed by atoms with Crippen LogP contribution in [0.1, 0.15) is 36.8 Å². The molecule has 0 bridgehead atoms. The van der Waals surface area contributed by atoms with Crippen molar-refractivity contribution in [1.82, 2.24) is 4.90 Å². The number of anilines is 2. The Hall–Kier alpha value is -2.36. The number of piperazine rings is 1. The predicted octanol–water partition coefficient (Wildman–Crippen LogP) is 6.57. The fourth-order valence-electron chi connectivity index (χ4n) is 4.84. The SMILES string of the molecule is O=Nc1ccc(NC2CCC(OCC(=S)N3CCN(c4ccc(Cl)c(CF)c4)CC3)CC2)cc1CF. The molecule has 4 rings (SSSR count). The summed E-state index contributed by atoms with van der Waals surface area (Å²) in [4.78, 5) is 16.0. The lowest BCUT2D eigenvalue weighted by atomic mass is 9.92. The Bertz CT molecular complexity index is 1060. The zero-order valence-corrected chi connectivity index (χ0v) is 21.7. The topological polar surface area (TPSA) is 57.2 Å². The molecule has 6 nitrogen and oxygen atoms in total. The van der Waals surface area contributed by atoms with Crippen molar-refractivity contribution < 1.29 is 13.5 Å². The molecule has 1 N–H and O–H groups in total. The molecule has 0 spiro atoms. The van der Waals surface area contributed by atoms with Crippen LogP contribution in [0.15, 0.2) is 41.6 Å². The van der Waals surface area contributed by atoms with E-state index in [0.717, 1.165) is 68.2 Å². The Morgan fingerprint density at radius 3 is 2.42 bits per heavy atom. The standard InChI is InChI=1S/C26H31ClF2N4O2S/c27-24-7-4-22(14-18(24)15-28)32-9-11-33(12-10-32)26(36)17-35-23-5-1-20(2-6-23)30-21-3-8-25(31-34)19(13-21)16-29/h3-4,7-8,13-14,20,23,30H,1-2,5-6,9-12,15-17H2. The van der Waals surface area contributed by atoms with Gasteiger partial charge in [0.05, 0.1) is 12.7 Å². The lowest BCUT2D eigenvalue weighted by Crippen LogP contribution is -2.49. The van der Waals surface area contributed by atoms with E-state index in [1.165, 1.54) is 0 Å². The van der Waals surface area contributed by atoms with E-state index in [4.69, 9.17) is 28.6 Å². The van der Waals surface area contributed by atoms with Gasteiger partial charge in [-0.1, -0.05) is 23.8 Å². The number of rotatable bonds is 9. The van der Waals surface area contributed by atoms with Gasteiger partial charge in [0.15, 0.2) is 0 Å². The highest BCUT2D eigenvalue weighted by Gasteiger charge is 2.24. The summed E-state index contributed by atoms with van der Waals surface area (Å²) in [5.41, 5.74) is 2.76. The van der Waals surface area contributed by atoms with Crippen LogP contribution in [0.25, 0.3) is 0 Å². The first-order valence-electron chi connectivity index (χ1n) is 12.3. The van der Waals surface area contributed by atoms with Gasteiger partial charge in [-0.25, -0.2) is 8.78 Å². The molecule has 1 saturated carbocycles. The van der Waals surface area contributed by atoms with Crippen molar-refractivity contribution in [3.63, 3.8) is 0 Å². The van der Waals surface area contributed by atoms with Crippen LogP contribution in [0, 0.1) is 4.91 Å². The molecule has 2 aliphatic rings. The Balaban J connectivity index is 1.17. The Kier molecular flexibility index (Phi) is 9.45. The summed E-state index contributed by atoms with van der Waals surface area (Å²) in [6.07, 6.45) is 3.89. The van der Waals surface area contributed by atoms with Crippen LogP contribution in [-0.4, -0.2) is 54.8 Å². The van der Waals surface area contributed by atoms with Gasteiger partial charge in [0.2, 0.25) is 0 Å². The Morgan fingerprint density at radius 1 is 1.03 bits per heavy atom. The molecule has 2 aromatic carbocycles. The first-order valence-corrected chi connectivity index (χ1v) is 13.1. The number of nitroso groups, excluding NO2 is 1. The van der Waals surface area contributed by atoms with Gasteiger partial charge >= 0.3 is 0 Å². The van der Waals surface area contributed by atoms with Crippen LogP contribution >= 0.6 is 23.8 Å². The summed E-state index contributed by atoms with van der Waals surface area (Å²) in [6, 6.07) is 10.8. The van der Waals surface area contributed by atoms with E-state index in [-0.39, 0.29) is 17.8 Å². The van der Waals surface area contributed by atoms with E-state index in [1.54, 1.807) is 24.3 Å². The molecule has 0 radical (unpaired) electrons. The van der Waals surface area contributed by atoms with Gasteiger partial charge in [0.25, 0.3) is 0 Å². The number of ether oxygens (including phenoxy) is 1. The average Bonchev–Trinajstić information content (AvgIpc) is 2.92. The first kappa shape index (κ1) is 26.7. The number of halogens is 3. The fourth-order valence-corrected chi connectivity index (χ4v) is 5.25. The summed E-state index contributed by atoms with van der Waals surface area (Å²) < 4.78 is 32.4. The highest BCUT2D eigenvalue weighted by atomic mass is 35.5. The van der Waals surface area contributed by atoms with E-state index in [0.29, 0.717) is 22.8 Å². The van der Waals surface area contributed by atoms with Gasteiger partial charge in [-0.2, -0.15) is 0 Å². The smallest absolute Gasteiger partial charge is 0.117 e. The van der Waals surface area contributed by atoms with Crippen molar-refractivity contribution in [2.75, 3.05) is 43.0 Å². The number of nitrogens with one attached hydrogen (secondary N) is 1. The zero-order chi connectivity index (χ0) is 25.5. The molecule has 0 unspecified atom stereocenters. The number of nitrogens with zero attached hydrogens (tertiary/aromatic N) is 3. The number of thiocarbonyl (C=S) groups is 1. The third kappa shape index (κ3) is 6.69. The van der Waals surface area contributed by atoms with Crippen LogP contribution in [0.3, 0.4) is 0 Å². The highest BCUT2D eigenvalue weighted by molar-refractivity contribution is 7.80. The minimum atomic E-state index is -0.715. The molecule has 36 heavy (non-hydrogen) atoms. The monoisotopic (exact) mass is 536 g/mol. The lowest BCUT2D eigenvalue weighted by molar-refractivity contribution is 0.0473. The predicted molar refractivity (Wildman–Crippen MR) is 145 cm³/mol. The third-order valence-corrected chi connectivity index (χ3v) is 7.72. The van der Waals surface area contributed by atoms with Gasteiger partial charge in [-0.05, 0) is 67.3 Å². The molecule has 194 valence electrons. The van der Waals surface area contributed by atoms with E-state index < -0.39 is 13.3 Å². The van der Waals surface area contributed by atoms with Crippen LogP contribution < -0.4 is 10.2 Å². The first-order chi connectivity index (χ1) is 17.5. The summed E-state index contributed by atoms with van der Waals surface area (Å²) >= 11 is 11.7.